The first-order valence-electron chi connectivity index (χ1n) is 11.2. The van der Waals surface area contributed by atoms with Gasteiger partial charge in [-0.1, -0.05) is 26.2 Å². The topological polar surface area (TPSA) is 53.0 Å². The van der Waals surface area contributed by atoms with Crippen LogP contribution >= 0.6 is 0 Å². The molecule has 170 valence electrons. The molecule has 1 aromatic rings. The molecule has 0 unspecified atom stereocenters. The van der Waals surface area contributed by atoms with E-state index in [4.69, 9.17) is 9.84 Å². The fourth-order valence-corrected chi connectivity index (χ4v) is 4.24. The number of ether oxygens (including phenoxy) is 1. The molecule has 1 N–H and O–H groups in total. The summed E-state index contributed by atoms with van der Waals surface area (Å²) >= 11 is 0. The summed E-state index contributed by atoms with van der Waals surface area (Å²) < 4.78 is 31.7. The zero-order valence-corrected chi connectivity index (χ0v) is 18.3. The lowest BCUT2D eigenvalue weighted by atomic mass is 9.82. The number of carbonyl (C=O) groups excluding carboxylic acids is 1. The summed E-state index contributed by atoms with van der Waals surface area (Å²) in [4.78, 5) is 16.2. The smallest absolute Gasteiger partial charge is 0.410 e. The van der Waals surface area contributed by atoms with Gasteiger partial charge in [0.05, 0.1) is 6.61 Å². The molecule has 30 heavy (non-hydrogen) atoms. The Kier molecular flexibility index (Phi) is 10.5. The van der Waals surface area contributed by atoms with Crippen LogP contribution in [0.3, 0.4) is 0 Å². The standard InChI is InChI=1S/C23H36F2N2O3/c1-3-27(13-14-28)12-6-4-5-7-18-8-10-21(11-9-18)26(2)23(29)30-22-16-19(24)15-20(25)17-22/h15-18,21,28H,3-14H2,1-2H3/t18-,21-. The first kappa shape index (κ1) is 24.5. The molecule has 0 bridgehead atoms. The highest BCUT2D eigenvalue weighted by Gasteiger charge is 2.27. The number of amides is 1. The van der Waals surface area contributed by atoms with Crippen molar-refractivity contribution in [2.45, 2.75) is 64.3 Å². The number of carbonyl (C=O) groups is 1. The van der Waals surface area contributed by atoms with Crippen LogP contribution in [-0.2, 0) is 0 Å². The normalized spacial score (nSPS) is 19.1. The fraction of sp³-hybridized carbons (Fsp3) is 0.696. The molecule has 0 spiro atoms. The summed E-state index contributed by atoms with van der Waals surface area (Å²) in [5.74, 6) is -0.949. The maximum Gasteiger partial charge on any atom is 0.415 e. The maximum absolute atomic E-state index is 13.3. The van der Waals surface area contributed by atoms with Gasteiger partial charge in [-0.2, -0.15) is 0 Å². The highest BCUT2D eigenvalue weighted by atomic mass is 19.1. The van der Waals surface area contributed by atoms with E-state index in [1.165, 1.54) is 25.7 Å². The zero-order chi connectivity index (χ0) is 21.9. The second-order valence-electron chi connectivity index (χ2n) is 8.27. The second-order valence-corrected chi connectivity index (χ2v) is 8.27. The quantitative estimate of drug-likeness (QED) is 0.515. The minimum atomic E-state index is -0.767. The third-order valence-electron chi connectivity index (χ3n) is 6.14. The van der Waals surface area contributed by atoms with Crippen LogP contribution in [-0.4, -0.2) is 60.3 Å². The van der Waals surface area contributed by atoms with Crippen molar-refractivity contribution < 1.29 is 23.4 Å². The molecule has 1 saturated carbocycles. The predicted molar refractivity (Wildman–Crippen MR) is 114 cm³/mol. The van der Waals surface area contributed by atoms with Crippen LogP contribution in [0.4, 0.5) is 13.6 Å². The van der Waals surface area contributed by atoms with E-state index < -0.39 is 17.7 Å². The van der Waals surface area contributed by atoms with Crippen molar-refractivity contribution in [1.29, 1.82) is 0 Å². The summed E-state index contributed by atoms with van der Waals surface area (Å²) in [6, 6.07) is 2.87. The van der Waals surface area contributed by atoms with Crippen LogP contribution in [0.1, 0.15) is 58.3 Å². The molecule has 0 aromatic heterocycles. The molecule has 0 heterocycles. The Balaban J connectivity index is 1.65. The monoisotopic (exact) mass is 426 g/mol. The first-order chi connectivity index (χ1) is 14.4. The Morgan fingerprint density at radius 2 is 1.73 bits per heavy atom. The number of nitrogens with zero attached hydrogens (tertiary/aromatic N) is 2. The SMILES string of the molecule is CCN(CCO)CCCCC[C@H]1CC[C@H](N(C)C(=O)Oc2cc(F)cc(F)c2)CC1. The third-order valence-corrected chi connectivity index (χ3v) is 6.14. The summed E-state index contributed by atoms with van der Waals surface area (Å²) in [5, 5.41) is 9.03. The van der Waals surface area contributed by atoms with Gasteiger partial charge in [0.15, 0.2) is 0 Å². The van der Waals surface area contributed by atoms with Crippen LogP contribution in [0.5, 0.6) is 5.75 Å². The maximum atomic E-state index is 13.3. The summed E-state index contributed by atoms with van der Waals surface area (Å²) in [6.45, 7) is 5.13. The highest BCUT2D eigenvalue weighted by molar-refractivity contribution is 5.70. The lowest BCUT2D eigenvalue weighted by molar-refractivity contribution is 0.123. The molecule has 5 nitrogen and oxygen atoms in total. The van der Waals surface area contributed by atoms with Gasteiger partial charge >= 0.3 is 6.09 Å². The van der Waals surface area contributed by atoms with E-state index in [-0.39, 0.29) is 18.4 Å². The molecule has 0 radical (unpaired) electrons. The van der Waals surface area contributed by atoms with E-state index in [9.17, 15) is 13.6 Å². The van der Waals surface area contributed by atoms with Crippen molar-refractivity contribution in [3.63, 3.8) is 0 Å². The molecule has 1 amide bonds. The van der Waals surface area contributed by atoms with Crippen LogP contribution in [0.25, 0.3) is 0 Å². The Hall–Kier alpha value is -1.73. The third kappa shape index (κ3) is 8.19. The Bertz CT molecular complexity index is 631. The van der Waals surface area contributed by atoms with Crippen molar-refractivity contribution in [2.24, 2.45) is 5.92 Å². The molecule has 7 heteroatoms. The fourth-order valence-electron chi connectivity index (χ4n) is 4.24. The van der Waals surface area contributed by atoms with Gasteiger partial charge in [0, 0.05) is 37.8 Å². The van der Waals surface area contributed by atoms with E-state index in [1.807, 2.05) is 0 Å². The lowest BCUT2D eigenvalue weighted by Crippen LogP contribution is -2.41. The molecule has 1 aromatic carbocycles. The predicted octanol–water partition coefficient (Wildman–Crippen LogP) is 4.83. The summed E-state index contributed by atoms with van der Waals surface area (Å²) in [7, 11) is 1.69. The van der Waals surface area contributed by atoms with Gasteiger partial charge in [-0.15, -0.1) is 0 Å². The van der Waals surface area contributed by atoms with Crippen LogP contribution in [0.15, 0.2) is 18.2 Å². The number of likely N-dealkylation sites (N-methyl/N-ethyl adjacent to an activating group) is 1. The van der Waals surface area contributed by atoms with E-state index in [1.54, 1.807) is 11.9 Å². The van der Waals surface area contributed by atoms with E-state index in [0.717, 1.165) is 63.5 Å². The van der Waals surface area contributed by atoms with Gasteiger partial charge in [-0.3, -0.25) is 0 Å². The average molecular weight is 427 g/mol. The lowest BCUT2D eigenvalue weighted by Gasteiger charge is -2.34. The molecule has 1 aliphatic carbocycles. The molecular formula is C23H36F2N2O3. The number of aliphatic hydroxyl groups excluding tert-OH is 1. The highest BCUT2D eigenvalue weighted by Crippen LogP contribution is 2.31. The Morgan fingerprint density at radius 1 is 1.07 bits per heavy atom. The minimum Gasteiger partial charge on any atom is -0.410 e. The average Bonchev–Trinajstić information content (AvgIpc) is 2.71. The van der Waals surface area contributed by atoms with E-state index >= 15 is 0 Å². The first-order valence-corrected chi connectivity index (χ1v) is 11.2. The molecule has 1 aliphatic rings. The molecule has 0 saturated heterocycles. The summed E-state index contributed by atoms with van der Waals surface area (Å²) in [5.41, 5.74) is 0. The summed E-state index contributed by atoms with van der Waals surface area (Å²) in [6.07, 6.45) is 8.25. The van der Waals surface area contributed by atoms with Gasteiger partial charge in [0.25, 0.3) is 0 Å². The number of hydrogen-bond acceptors (Lipinski definition) is 4. The van der Waals surface area contributed by atoms with Gasteiger partial charge in [-0.05, 0) is 51.1 Å². The van der Waals surface area contributed by atoms with E-state index in [2.05, 4.69) is 11.8 Å². The largest absolute Gasteiger partial charge is 0.415 e. The second kappa shape index (κ2) is 12.8. The van der Waals surface area contributed by atoms with Crippen molar-refractivity contribution in [3.05, 3.63) is 29.8 Å². The van der Waals surface area contributed by atoms with Crippen molar-refractivity contribution in [2.75, 3.05) is 33.3 Å². The van der Waals surface area contributed by atoms with Crippen molar-refractivity contribution >= 4 is 6.09 Å². The van der Waals surface area contributed by atoms with Gasteiger partial charge in [0.2, 0.25) is 0 Å². The number of halogens is 2. The van der Waals surface area contributed by atoms with Crippen molar-refractivity contribution in [1.82, 2.24) is 9.80 Å². The molecule has 2 rings (SSSR count). The van der Waals surface area contributed by atoms with E-state index in [0.29, 0.717) is 5.92 Å². The number of rotatable bonds is 11. The Morgan fingerprint density at radius 3 is 2.33 bits per heavy atom. The van der Waals surface area contributed by atoms with Gasteiger partial charge in [0.1, 0.15) is 17.4 Å². The number of benzene rings is 1. The number of aliphatic hydroxyl groups is 1. The van der Waals surface area contributed by atoms with Crippen LogP contribution in [0.2, 0.25) is 0 Å². The van der Waals surface area contributed by atoms with Crippen LogP contribution in [0, 0.1) is 17.6 Å². The van der Waals surface area contributed by atoms with Gasteiger partial charge < -0.3 is 19.6 Å². The number of unbranched alkanes of at least 4 members (excludes halogenated alkanes) is 2. The van der Waals surface area contributed by atoms with Crippen molar-refractivity contribution in [3.8, 4) is 5.75 Å². The minimum absolute atomic E-state index is 0.101. The molecule has 0 aliphatic heterocycles. The molecule has 1 fully saturated rings. The Labute approximate surface area is 179 Å². The zero-order valence-electron chi connectivity index (χ0n) is 18.3. The van der Waals surface area contributed by atoms with Crippen LogP contribution < -0.4 is 4.74 Å². The number of hydrogen-bond donors (Lipinski definition) is 1. The molecular weight excluding hydrogens is 390 g/mol. The van der Waals surface area contributed by atoms with Gasteiger partial charge in [-0.25, -0.2) is 13.6 Å². The molecule has 0 atom stereocenters.